The normalized spacial score (nSPS) is 32.4. The standard InChI is InChI=1S/C14H20O4/c1-10-5-3-4-6-11(10)8-17-14(2)7-12(15)13(16)9-18-14/h3-6,12-13,15-16H,7-9H2,1-2H3/t12-,13+,14+/m0/s1. The third-order valence-corrected chi connectivity index (χ3v) is 3.38. The maximum Gasteiger partial charge on any atom is 0.168 e. The van der Waals surface area contributed by atoms with Crippen LogP contribution in [0.15, 0.2) is 24.3 Å². The van der Waals surface area contributed by atoms with Gasteiger partial charge in [0.1, 0.15) is 6.10 Å². The van der Waals surface area contributed by atoms with Crippen molar-refractivity contribution in [2.75, 3.05) is 6.61 Å². The quantitative estimate of drug-likeness (QED) is 0.853. The smallest absolute Gasteiger partial charge is 0.168 e. The highest BCUT2D eigenvalue weighted by atomic mass is 16.7. The molecule has 3 atom stereocenters. The minimum absolute atomic E-state index is 0.103. The summed E-state index contributed by atoms with van der Waals surface area (Å²) in [4.78, 5) is 0. The largest absolute Gasteiger partial charge is 0.390 e. The van der Waals surface area contributed by atoms with Gasteiger partial charge in [-0.25, -0.2) is 0 Å². The molecule has 1 saturated heterocycles. The Morgan fingerprint density at radius 3 is 2.72 bits per heavy atom. The second-order valence-electron chi connectivity index (χ2n) is 5.00. The number of aliphatic hydroxyl groups excluding tert-OH is 2. The maximum atomic E-state index is 9.66. The van der Waals surface area contributed by atoms with E-state index in [1.165, 1.54) is 0 Å². The summed E-state index contributed by atoms with van der Waals surface area (Å²) in [5.41, 5.74) is 2.26. The van der Waals surface area contributed by atoms with Gasteiger partial charge >= 0.3 is 0 Å². The molecule has 1 aliphatic rings. The summed E-state index contributed by atoms with van der Waals surface area (Å²) in [7, 11) is 0. The highest BCUT2D eigenvalue weighted by Crippen LogP contribution is 2.27. The van der Waals surface area contributed by atoms with Crippen LogP contribution < -0.4 is 0 Å². The highest BCUT2D eigenvalue weighted by Gasteiger charge is 2.38. The van der Waals surface area contributed by atoms with Gasteiger partial charge in [-0.15, -0.1) is 0 Å². The molecule has 1 fully saturated rings. The van der Waals surface area contributed by atoms with Crippen molar-refractivity contribution >= 4 is 0 Å². The number of hydrogen-bond donors (Lipinski definition) is 2. The maximum absolute atomic E-state index is 9.66. The van der Waals surface area contributed by atoms with E-state index < -0.39 is 18.0 Å². The number of hydrogen-bond acceptors (Lipinski definition) is 4. The summed E-state index contributed by atoms with van der Waals surface area (Å²) >= 11 is 0. The van der Waals surface area contributed by atoms with Crippen molar-refractivity contribution in [2.45, 2.75) is 44.9 Å². The molecule has 0 spiro atoms. The topological polar surface area (TPSA) is 58.9 Å². The minimum atomic E-state index is -0.832. The predicted molar refractivity (Wildman–Crippen MR) is 67.0 cm³/mol. The second kappa shape index (κ2) is 5.36. The van der Waals surface area contributed by atoms with Crippen molar-refractivity contribution in [1.29, 1.82) is 0 Å². The molecule has 0 saturated carbocycles. The van der Waals surface area contributed by atoms with Crippen LogP contribution >= 0.6 is 0 Å². The van der Waals surface area contributed by atoms with Gasteiger partial charge in [0.05, 0.1) is 19.3 Å². The molecule has 1 aromatic carbocycles. The number of rotatable bonds is 3. The van der Waals surface area contributed by atoms with Crippen LogP contribution in [0.5, 0.6) is 0 Å². The summed E-state index contributed by atoms with van der Waals surface area (Å²) in [5, 5.41) is 19.1. The Kier molecular flexibility index (Phi) is 4.02. The van der Waals surface area contributed by atoms with Gasteiger partial charge in [0.2, 0.25) is 0 Å². The van der Waals surface area contributed by atoms with Crippen molar-refractivity contribution in [3.05, 3.63) is 35.4 Å². The van der Waals surface area contributed by atoms with Gasteiger partial charge in [0.15, 0.2) is 5.79 Å². The summed E-state index contributed by atoms with van der Waals surface area (Å²) in [5.74, 6) is -0.832. The zero-order valence-electron chi connectivity index (χ0n) is 10.8. The Morgan fingerprint density at radius 2 is 2.06 bits per heavy atom. The van der Waals surface area contributed by atoms with E-state index in [1.54, 1.807) is 6.92 Å². The lowest BCUT2D eigenvalue weighted by Gasteiger charge is -2.38. The summed E-state index contributed by atoms with van der Waals surface area (Å²) in [6.07, 6.45) is -1.33. The van der Waals surface area contributed by atoms with Gasteiger partial charge in [0.25, 0.3) is 0 Å². The third-order valence-electron chi connectivity index (χ3n) is 3.38. The lowest BCUT2D eigenvalue weighted by molar-refractivity contribution is -0.286. The molecule has 1 aromatic rings. The first-order valence-electron chi connectivity index (χ1n) is 6.19. The molecular weight excluding hydrogens is 232 g/mol. The monoisotopic (exact) mass is 252 g/mol. The van der Waals surface area contributed by atoms with E-state index in [0.29, 0.717) is 6.61 Å². The first kappa shape index (κ1) is 13.5. The summed E-state index contributed by atoms with van der Waals surface area (Å²) in [6, 6.07) is 7.99. The molecule has 0 aliphatic carbocycles. The van der Waals surface area contributed by atoms with Crippen LogP contribution in [0.1, 0.15) is 24.5 Å². The second-order valence-corrected chi connectivity index (χ2v) is 5.00. The van der Waals surface area contributed by atoms with Gasteiger partial charge in [0, 0.05) is 6.42 Å². The molecule has 4 nitrogen and oxygen atoms in total. The van der Waals surface area contributed by atoms with E-state index in [4.69, 9.17) is 9.47 Å². The average Bonchev–Trinajstić information content (AvgIpc) is 2.34. The van der Waals surface area contributed by atoms with Gasteiger partial charge in [-0.2, -0.15) is 0 Å². The lowest BCUT2D eigenvalue weighted by atomic mass is 10.0. The van der Waals surface area contributed by atoms with Crippen molar-refractivity contribution in [2.24, 2.45) is 0 Å². The lowest BCUT2D eigenvalue weighted by Crippen LogP contribution is -2.49. The van der Waals surface area contributed by atoms with Crippen LogP contribution in [0.25, 0.3) is 0 Å². The highest BCUT2D eigenvalue weighted by molar-refractivity contribution is 5.24. The van der Waals surface area contributed by atoms with Gasteiger partial charge in [-0.1, -0.05) is 24.3 Å². The van der Waals surface area contributed by atoms with Crippen LogP contribution in [-0.2, 0) is 16.1 Å². The Balaban J connectivity index is 1.96. The van der Waals surface area contributed by atoms with Crippen LogP contribution in [0, 0.1) is 6.92 Å². The Morgan fingerprint density at radius 1 is 1.33 bits per heavy atom. The fourth-order valence-electron chi connectivity index (χ4n) is 2.05. The van der Waals surface area contributed by atoms with E-state index in [0.717, 1.165) is 11.1 Å². The zero-order valence-corrected chi connectivity index (χ0v) is 10.8. The molecular formula is C14H20O4. The predicted octanol–water partition coefficient (Wildman–Crippen LogP) is 1.37. The summed E-state index contributed by atoms with van der Waals surface area (Å²) < 4.78 is 11.2. The number of aryl methyl sites for hydroxylation is 1. The van der Waals surface area contributed by atoms with Gasteiger partial charge in [-0.05, 0) is 25.0 Å². The molecule has 0 amide bonds. The first-order valence-corrected chi connectivity index (χ1v) is 6.19. The Labute approximate surface area is 107 Å². The molecule has 4 heteroatoms. The molecule has 100 valence electrons. The average molecular weight is 252 g/mol. The van der Waals surface area contributed by atoms with Crippen LogP contribution in [0.4, 0.5) is 0 Å². The van der Waals surface area contributed by atoms with E-state index in [2.05, 4.69) is 0 Å². The number of ether oxygens (including phenoxy) is 2. The molecule has 0 unspecified atom stereocenters. The molecule has 0 radical (unpaired) electrons. The molecule has 0 bridgehead atoms. The van der Waals surface area contributed by atoms with E-state index >= 15 is 0 Å². The third kappa shape index (κ3) is 3.09. The van der Waals surface area contributed by atoms with Crippen molar-refractivity contribution < 1.29 is 19.7 Å². The fraction of sp³-hybridized carbons (Fsp3) is 0.571. The molecule has 1 heterocycles. The Hall–Kier alpha value is -0.940. The number of benzene rings is 1. The molecule has 18 heavy (non-hydrogen) atoms. The number of aliphatic hydroxyl groups is 2. The van der Waals surface area contributed by atoms with Crippen molar-refractivity contribution in [1.82, 2.24) is 0 Å². The zero-order chi connectivity index (χ0) is 13.2. The molecule has 2 rings (SSSR count). The van der Waals surface area contributed by atoms with E-state index in [9.17, 15) is 10.2 Å². The Bertz CT molecular complexity index is 407. The first-order chi connectivity index (χ1) is 8.50. The van der Waals surface area contributed by atoms with E-state index in [1.807, 2.05) is 31.2 Å². The summed E-state index contributed by atoms with van der Waals surface area (Å²) in [6.45, 7) is 4.36. The van der Waals surface area contributed by atoms with Crippen LogP contribution in [0.2, 0.25) is 0 Å². The SMILES string of the molecule is Cc1ccccc1CO[C@@]1(C)C[C@H](O)[C@H](O)CO1. The fourth-order valence-corrected chi connectivity index (χ4v) is 2.05. The molecule has 1 aliphatic heterocycles. The van der Waals surface area contributed by atoms with Crippen molar-refractivity contribution in [3.8, 4) is 0 Å². The molecule has 0 aromatic heterocycles. The minimum Gasteiger partial charge on any atom is -0.390 e. The van der Waals surface area contributed by atoms with Crippen LogP contribution in [-0.4, -0.2) is 34.8 Å². The van der Waals surface area contributed by atoms with Crippen LogP contribution in [0.3, 0.4) is 0 Å². The van der Waals surface area contributed by atoms with Gasteiger partial charge < -0.3 is 19.7 Å². The van der Waals surface area contributed by atoms with E-state index in [-0.39, 0.29) is 13.0 Å². The molecule has 2 N–H and O–H groups in total. The van der Waals surface area contributed by atoms with Gasteiger partial charge in [-0.3, -0.25) is 0 Å². The van der Waals surface area contributed by atoms with Crippen molar-refractivity contribution in [3.63, 3.8) is 0 Å².